The second-order valence-corrected chi connectivity index (χ2v) is 4.17. The zero-order valence-corrected chi connectivity index (χ0v) is 9.07. The van der Waals surface area contributed by atoms with Gasteiger partial charge in [-0.2, -0.15) is 0 Å². The molecule has 4 heteroatoms. The van der Waals surface area contributed by atoms with Gasteiger partial charge in [0.25, 0.3) is 0 Å². The summed E-state index contributed by atoms with van der Waals surface area (Å²) >= 11 is 1.45. The summed E-state index contributed by atoms with van der Waals surface area (Å²) in [5.74, 6) is -0.00518. The van der Waals surface area contributed by atoms with Gasteiger partial charge in [0, 0.05) is 19.4 Å². The van der Waals surface area contributed by atoms with Crippen molar-refractivity contribution in [1.82, 2.24) is 4.98 Å². The number of ether oxygens (including phenoxy) is 1. The van der Waals surface area contributed by atoms with Gasteiger partial charge >= 0.3 is 0 Å². The molecule has 0 aliphatic carbocycles. The SMILES string of the molecule is COC(C)(C)c1nc(C(C)=O)cs1. The topological polar surface area (TPSA) is 39.2 Å². The van der Waals surface area contributed by atoms with E-state index in [1.54, 1.807) is 12.5 Å². The van der Waals surface area contributed by atoms with Gasteiger partial charge in [-0.1, -0.05) is 0 Å². The highest BCUT2D eigenvalue weighted by Crippen LogP contribution is 2.26. The quantitative estimate of drug-likeness (QED) is 0.701. The smallest absolute Gasteiger partial charge is 0.178 e. The monoisotopic (exact) mass is 199 g/mol. The minimum absolute atomic E-state index is 0.00518. The fraction of sp³-hybridized carbons (Fsp3) is 0.556. The van der Waals surface area contributed by atoms with Crippen LogP contribution >= 0.6 is 11.3 Å². The first-order chi connectivity index (χ1) is 5.97. The Morgan fingerprint density at radius 3 is 2.62 bits per heavy atom. The Hall–Kier alpha value is -0.740. The second-order valence-electron chi connectivity index (χ2n) is 3.31. The van der Waals surface area contributed by atoms with Crippen LogP contribution in [0.5, 0.6) is 0 Å². The van der Waals surface area contributed by atoms with Gasteiger partial charge in [-0.15, -0.1) is 11.3 Å². The van der Waals surface area contributed by atoms with Gasteiger partial charge in [-0.25, -0.2) is 4.98 Å². The van der Waals surface area contributed by atoms with E-state index in [0.717, 1.165) is 5.01 Å². The van der Waals surface area contributed by atoms with Crippen molar-refractivity contribution in [2.45, 2.75) is 26.4 Å². The summed E-state index contributed by atoms with van der Waals surface area (Å²) in [6.45, 7) is 5.37. The molecule has 0 aromatic carbocycles. The van der Waals surface area contributed by atoms with Crippen LogP contribution in [0.1, 0.15) is 36.3 Å². The molecule has 0 atom stereocenters. The summed E-state index contributed by atoms with van der Waals surface area (Å²) in [5, 5.41) is 2.60. The second kappa shape index (κ2) is 3.55. The Kier molecular flexibility index (Phi) is 2.83. The molecule has 1 aromatic rings. The molecule has 0 amide bonds. The first-order valence-electron chi connectivity index (χ1n) is 3.99. The number of aromatic nitrogens is 1. The molecule has 0 bridgehead atoms. The van der Waals surface area contributed by atoms with E-state index >= 15 is 0 Å². The molecule has 0 unspecified atom stereocenters. The zero-order valence-electron chi connectivity index (χ0n) is 8.25. The van der Waals surface area contributed by atoms with E-state index in [2.05, 4.69) is 4.98 Å². The summed E-state index contributed by atoms with van der Waals surface area (Å²) in [5.41, 5.74) is 0.114. The van der Waals surface area contributed by atoms with Crippen LogP contribution in [0.2, 0.25) is 0 Å². The van der Waals surface area contributed by atoms with E-state index in [9.17, 15) is 4.79 Å². The molecule has 0 saturated heterocycles. The summed E-state index contributed by atoms with van der Waals surface area (Å²) in [6.07, 6.45) is 0. The first-order valence-corrected chi connectivity index (χ1v) is 4.87. The molecule has 1 rings (SSSR count). The molecule has 0 fully saturated rings. The minimum atomic E-state index is -0.404. The largest absolute Gasteiger partial charge is 0.372 e. The van der Waals surface area contributed by atoms with E-state index in [-0.39, 0.29) is 5.78 Å². The predicted molar refractivity (Wildman–Crippen MR) is 52.2 cm³/mol. The highest BCUT2D eigenvalue weighted by atomic mass is 32.1. The van der Waals surface area contributed by atoms with Crippen LogP contribution in [0.15, 0.2) is 5.38 Å². The summed E-state index contributed by atoms with van der Waals surface area (Å²) in [7, 11) is 1.63. The van der Waals surface area contributed by atoms with Gasteiger partial charge in [-0.05, 0) is 13.8 Å². The van der Waals surface area contributed by atoms with Crippen LogP contribution in [0.25, 0.3) is 0 Å². The molecule has 1 heterocycles. The molecule has 0 saturated carbocycles. The molecule has 0 N–H and O–H groups in total. The van der Waals surface area contributed by atoms with E-state index in [4.69, 9.17) is 4.74 Å². The van der Waals surface area contributed by atoms with Crippen molar-refractivity contribution in [3.8, 4) is 0 Å². The zero-order chi connectivity index (χ0) is 10.1. The molecule has 1 aromatic heterocycles. The van der Waals surface area contributed by atoms with Crippen LogP contribution < -0.4 is 0 Å². The van der Waals surface area contributed by atoms with Crippen molar-refractivity contribution in [3.05, 3.63) is 16.1 Å². The van der Waals surface area contributed by atoms with Crippen molar-refractivity contribution in [2.75, 3.05) is 7.11 Å². The van der Waals surface area contributed by atoms with Gasteiger partial charge in [0.05, 0.1) is 0 Å². The van der Waals surface area contributed by atoms with E-state index in [1.807, 2.05) is 13.8 Å². The fourth-order valence-electron chi connectivity index (χ4n) is 0.799. The van der Waals surface area contributed by atoms with Gasteiger partial charge in [0.1, 0.15) is 16.3 Å². The lowest BCUT2D eigenvalue weighted by Gasteiger charge is -2.19. The molecule has 0 aliphatic rings. The van der Waals surface area contributed by atoms with Crippen molar-refractivity contribution < 1.29 is 9.53 Å². The van der Waals surface area contributed by atoms with Crippen LogP contribution in [0.3, 0.4) is 0 Å². The van der Waals surface area contributed by atoms with E-state index in [0.29, 0.717) is 5.69 Å². The lowest BCUT2D eigenvalue weighted by atomic mass is 10.1. The number of thiazole rings is 1. The summed E-state index contributed by atoms with van der Waals surface area (Å²) in [4.78, 5) is 15.2. The highest BCUT2D eigenvalue weighted by Gasteiger charge is 2.23. The average Bonchev–Trinajstić information content (AvgIpc) is 2.52. The standard InChI is InChI=1S/C9H13NO2S/c1-6(11)7-5-13-8(10-7)9(2,3)12-4/h5H,1-4H3. The number of carbonyl (C=O) groups excluding carboxylic acids is 1. The van der Waals surface area contributed by atoms with Crippen LogP contribution in [-0.4, -0.2) is 17.9 Å². The maximum Gasteiger partial charge on any atom is 0.178 e. The maximum atomic E-state index is 11.0. The number of methoxy groups -OCH3 is 1. The molecule has 0 radical (unpaired) electrons. The van der Waals surface area contributed by atoms with Gasteiger partial charge in [0.15, 0.2) is 5.78 Å². The van der Waals surface area contributed by atoms with Crippen molar-refractivity contribution in [3.63, 3.8) is 0 Å². The number of carbonyl (C=O) groups is 1. The van der Waals surface area contributed by atoms with Crippen LogP contribution in [-0.2, 0) is 10.3 Å². The molecular formula is C9H13NO2S. The number of hydrogen-bond acceptors (Lipinski definition) is 4. The van der Waals surface area contributed by atoms with Crippen molar-refractivity contribution in [2.24, 2.45) is 0 Å². The Balaban J connectivity index is 2.98. The van der Waals surface area contributed by atoms with Crippen molar-refractivity contribution >= 4 is 17.1 Å². The normalized spacial score (nSPS) is 11.7. The highest BCUT2D eigenvalue weighted by molar-refractivity contribution is 7.10. The van der Waals surface area contributed by atoms with Gasteiger partial charge in [-0.3, -0.25) is 4.79 Å². The molecule has 72 valence electrons. The van der Waals surface area contributed by atoms with Crippen molar-refractivity contribution in [1.29, 1.82) is 0 Å². The molecule has 13 heavy (non-hydrogen) atoms. The van der Waals surface area contributed by atoms with E-state index in [1.165, 1.54) is 18.3 Å². The number of nitrogens with zero attached hydrogens (tertiary/aromatic N) is 1. The molecule has 0 spiro atoms. The fourth-order valence-corrected chi connectivity index (χ4v) is 1.76. The lowest BCUT2D eigenvalue weighted by molar-refractivity contribution is 0.0189. The molecule has 0 aliphatic heterocycles. The minimum Gasteiger partial charge on any atom is -0.372 e. The Bertz CT molecular complexity index is 317. The Labute approximate surface area is 81.8 Å². The Morgan fingerprint density at radius 2 is 2.23 bits per heavy atom. The van der Waals surface area contributed by atoms with Gasteiger partial charge < -0.3 is 4.74 Å². The lowest BCUT2D eigenvalue weighted by Crippen LogP contribution is -2.19. The molecular weight excluding hydrogens is 186 g/mol. The average molecular weight is 199 g/mol. The third kappa shape index (κ3) is 2.14. The predicted octanol–water partition coefficient (Wildman–Crippen LogP) is 2.23. The Morgan fingerprint density at radius 1 is 1.62 bits per heavy atom. The van der Waals surface area contributed by atoms with Gasteiger partial charge in [0.2, 0.25) is 0 Å². The molecule has 3 nitrogen and oxygen atoms in total. The first kappa shape index (κ1) is 10.3. The number of rotatable bonds is 3. The van der Waals surface area contributed by atoms with Crippen LogP contribution in [0, 0.1) is 0 Å². The van der Waals surface area contributed by atoms with E-state index < -0.39 is 5.60 Å². The third-order valence-electron chi connectivity index (χ3n) is 1.89. The number of ketones is 1. The number of Topliss-reactive ketones (excluding diaryl/α,β-unsaturated/α-hetero) is 1. The van der Waals surface area contributed by atoms with Crippen LogP contribution in [0.4, 0.5) is 0 Å². The number of hydrogen-bond donors (Lipinski definition) is 0. The summed E-state index contributed by atoms with van der Waals surface area (Å²) in [6, 6.07) is 0. The third-order valence-corrected chi connectivity index (χ3v) is 3.04. The maximum absolute atomic E-state index is 11.0. The summed E-state index contributed by atoms with van der Waals surface area (Å²) < 4.78 is 5.25.